The van der Waals surface area contributed by atoms with E-state index in [4.69, 9.17) is 0 Å². The first-order valence-corrected chi connectivity index (χ1v) is 16.0. The molecular formula is C42H20F7NO2. The molecule has 1 spiro atoms. The highest BCUT2D eigenvalue weighted by Crippen LogP contribution is 2.63. The van der Waals surface area contributed by atoms with Gasteiger partial charge in [-0.25, -0.2) is 17.6 Å². The third kappa shape index (κ3) is 4.08. The van der Waals surface area contributed by atoms with Crippen LogP contribution in [-0.4, -0.2) is 11.6 Å². The molecule has 0 fully saturated rings. The Balaban J connectivity index is 1.33. The van der Waals surface area contributed by atoms with Crippen molar-refractivity contribution in [3.63, 3.8) is 0 Å². The van der Waals surface area contributed by atoms with Crippen LogP contribution in [0.15, 0.2) is 121 Å². The number of hydrogen-bond acceptors (Lipinski definition) is 3. The number of nitrogens with zero attached hydrogens (tertiary/aromatic N) is 1. The lowest BCUT2D eigenvalue weighted by atomic mass is 9.64. The molecule has 0 saturated heterocycles. The molecule has 0 amide bonds. The van der Waals surface area contributed by atoms with E-state index in [1.54, 1.807) is 18.2 Å². The number of allylic oxidation sites excluding steroid dienone is 1. The molecule has 9 rings (SSSR count). The van der Waals surface area contributed by atoms with Crippen LogP contribution in [0.3, 0.4) is 0 Å². The van der Waals surface area contributed by atoms with E-state index in [1.807, 2.05) is 77.7 Å². The van der Waals surface area contributed by atoms with Crippen LogP contribution in [0.2, 0.25) is 0 Å². The Hall–Kier alpha value is -6.29. The maximum Gasteiger partial charge on any atom is 0.416 e. The molecule has 0 unspecified atom stereocenters. The Morgan fingerprint density at radius 3 is 1.60 bits per heavy atom. The Labute approximate surface area is 290 Å². The fourth-order valence-electron chi connectivity index (χ4n) is 8.02. The van der Waals surface area contributed by atoms with Gasteiger partial charge in [0.15, 0.2) is 23.3 Å². The van der Waals surface area contributed by atoms with Crippen molar-refractivity contribution in [2.24, 2.45) is 0 Å². The molecule has 1 aliphatic heterocycles. The van der Waals surface area contributed by atoms with E-state index in [1.165, 1.54) is 12.1 Å². The largest absolute Gasteiger partial charge is 0.416 e. The Bertz CT molecular complexity index is 2510. The highest BCUT2D eigenvalue weighted by atomic mass is 19.4. The second-order valence-corrected chi connectivity index (χ2v) is 12.7. The Morgan fingerprint density at radius 1 is 0.538 bits per heavy atom. The highest BCUT2D eigenvalue weighted by Gasteiger charge is 2.52. The monoisotopic (exact) mass is 703 g/mol. The molecule has 2 aliphatic carbocycles. The van der Waals surface area contributed by atoms with Crippen LogP contribution in [0.25, 0.3) is 17.2 Å². The van der Waals surface area contributed by atoms with Crippen LogP contribution in [0.1, 0.15) is 54.1 Å². The van der Waals surface area contributed by atoms with Gasteiger partial charge < -0.3 is 4.90 Å². The summed E-state index contributed by atoms with van der Waals surface area (Å²) in [7, 11) is 0. The van der Waals surface area contributed by atoms with Crippen LogP contribution in [0.5, 0.6) is 0 Å². The van der Waals surface area contributed by atoms with Crippen LogP contribution < -0.4 is 4.90 Å². The lowest BCUT2D eigenvalue weighted by Gasteiger charge is -2.45. The molecule has 0 radical (unpaired) electrons. The lowest BCUT2D eigenvalue weighted by Crippen LogP contribution is -2.36. The third-order valence-corrected chi connectivity index (χ3v) is 10.1. The van der Waals surface area contributed by atoms with Crippen molar-refractivity contribution in [2.45, 2.75) is 11.6 Å². The fraction of sp³-hybridized carbons (Fsp3) is 0.0476. The summed E-state index contributed by atoms with van der Waals surface area (Å²) >= 11 is 0. The zero-order valence-electron chi connectivity index (χ0n) is 26.5. The average Bonchev–Trinajstić information content (AvgIpc) is 3.58. The first-order chi connectivity index (χ1) is 24.9. The number of carbonyl (C=O) groups excluding carboxylic acids is 2. The topological polar surface area (TPSA) is 37.4 Å². The molecule has 52 heavy (non-hydrogen) atoms. The second kappa shape index (κ2) is 10.9. The summed E-state index contributed by atoms with van der Waals surface area (Å²) in [5.74, 6) is -10.9. The maximum absolute atomic E-state index is 14.8. The first-order valence-electron chi connectivity index (χ1n) is 16.0. The molecule has 1 heterocycles. The van der Waals surface area contributed by atoms with Crippen molar-refractivity contribution in [1.29, 1.82) is 0 Å². The molecule has 3 nitrogen and oxygen atoms in total. The van der Waals surface area contributed by atoms with Gasteiger partial charge in [-0.2, -0.15) is 13.2 Å². The highest BCUT2D eigenvalue weighted by molar-refractivity contribution is 6.41. The zero-order valence-corrected chi connectivity index (χ0v) is 26.5. The summed E-state index contributed by atoms with van der Waals surface area (Å²) in [6, 6.07) is 32.8. The fourth-order valence-corrected chi connectivity index (χ4v) is 8.02. The number of hydrogen-bond donors (Lipinski definition) is 0. The molecular weight excluding hydrogens is 683 g/mol. The van der Waals surface area contributed by atoms with E-state index in [9.17, 15) is 40.3 Å². The SMILES string of the molecule is O=C1C(=Cc2ccc3c(c2)C2(c4ccccc4-c4ccccc42)c2ccccc2N3c2ccc(C(F)(F)F)cc2)C(=O)c2c(F)c(F)c(F)c(F)c21. The summed E-state index contributed by atoms with van der Waals surface area (Å²) in [6.07, 6.45) is -3.43. The minimum atomic E-state index is -4.56. The van der Waals surface area contributed by atoms with Gasteiger partial charge in [0, 0.05) is 5.69 Å². The molecule has 0 aromatic heterocycles. The first kappa shape index (κ1) is 31.7. The van der Waals surface area contributed by atoms with Gasteiger partial charge in [-0.15, -0.1) is 0 Å². The van der Waals surface area contributed by atoms with Gasteiger partial charge in [0.1, 0.15) is 0 Å². The lowest BCUT2D eigenvalue weighted by molar-refractivity contribution is -0.137. The van der Waals surface area contributed by atoms with Gasteiger partial charge in [0.2, 0.25) is 11.6 Å². The quantitative estimate of drug-likeness (QED) is 0.0591. The van der Waals surface area contributed by atoms with Crippen LogP contribution in [0.4, 0.5) is 47.8 Å². The number of halogens is 7. The third-order valence-electron chi connectivity index (χ3n) is 10.1. The predicted octanol–water partition coefficient (Wildman–Crippen LogP) is 10.9. The van der Waals surface area contributed by atoms with E-state index in [2.05, 4.69) is 0 Å². The van der Waals surface area contributed by atoms with Crippen molar-refractivity contribution >= 4 is 34.7 Å². The average molecular weight is 704 g/mol. The summed E-state index contributed by atoms with van der Waals surface area (Å²) in [5, 5.41) is 0. The molecule has 6 aromatic carbocycles. The minimum Gasteiger partial charge on any atom is -0.310 e. The van der Waals surface area contributed by atoms with E-state index >= 15 is 0 Å². The van der Waals surface area contributed by atoms with Gasteiger partial charge in [0.05, 0.1) is 39.1 Å². The number of fused-ring (bicyclic) bond motifs is 10. The van der Waals surface area contributed by atoms with Crippen molar-refractivity contribution in [3.8, 4) is 11.1 Å². The van der Waals surface area contributed by atoms with Gasteiger partial charge in [-0.3, -0.25) is 9.59 Å². The number of anilines is 3. The smallest absolute Gasteiger partial charge is 0.310 e. The zero-order chi connectivity index (χ0) is 36.3. The Morgan fingerprint density at radius 2 is 1.04 bits per heavy atom. The molecule has 0 atom stereocenters. The van der Waals surface area contributed by atoms with Crippen LogP contribution in [0, 0.1) is 23.3 Å². The summed E-state index contributed by atoms with van der Waals surface area (Å²) in [4.78, 5) is 28.5. The normalized spacial score (nSPS) is 15.0. The van der Waals surface area contributed by atoms with E-state index in [-0.39, 0.29) is 5.56 Å². The minimum absolute atomic E-state index is 0.248. The van der Waals surface area contributed by atoms with Gasteiger partial charge >= 0.3 is 6.18 Å². The van der Waals surface area contributed by atoms with Crippen LogP contribution >= 0.6 is 0 Å². The van der Waals surface area contributed by atoms with Crippen molar-refractivity contribution in [2.75, 3.05) is 4.90 Å². The maximum atomic E-state index is 14.8. The summed E-state index contributed by atoms with van der Waals surface area (Å²) < 4.78 is 98.7. The number of rotatable bonds is 2. The number of ketones is 2. The molecule has 0 bridgehead atoms. The molecule has 3 aliphatic rings. The second-order valence-electron chi connectivity index (χ2n) is 12.7. The predicted molar refractivity (Wildman–Crippen MR) is 180 cm³/mol. The molecule has 0 N–H and O–H groups in total. The molecule has 0 saturated carbocycles. The molecule has 254 valence electrons. The number of para-hydroxylation sites is 1. The summed E-state index contributed by atoms with van der Waals surface area (Å²) in [6.45, 7) is 0. The van der Waals surface area contributed by atoms with Crippen molar-refractivity contribution in [1.82, 2.24) is 0 Å². The van der Waals surface area contributed by atoms with Gasteiger partial charge in [-0.05, 0) is 87.5 Å². The number of benzene rings is 6. The van der Waals surface area contributed by atoms with E-state index < -0.39 is 68.7 Å². The van der Waals surface area contributed by atoms with Crippen molar-refractivity contribution < 1.29 is 40.3 Å². The molecule has 6 aromatic rings. The van der Waals surface area contributed by atoms with Crippen molar-refractivity contribution in [3.05, 3.63) is 189 Å². The van der Waals surface area contributed by atoms with E-state index in [0.717, 1.165) is 46.0 Å². The van der Waals surface area contributed by atoms with Gasteiger partial charge in [0.25, 0.3) is 0 Å². The number of alkyl halides is 3. The number of carbonyl (C=O) groups is 2. The summed E-state index contributed by atoms with van der Waals surface area (Å²) in [5.41, 5.74) is 2.16. The Kier molecular flexibility index (Phi) is 6.61. The van der Waals surface area contributed by atoms with Gasteiger partial charge in [-0.1, -0.05) is 72.8 Å². The van der Waals surface area contributed by atoms with Crippen LogP contribution in [-0.2, 0) is 11.6 Å². The standard InChI is InChI=1S/C42H20F7NO2/c43-35-33-34(36(44)38(46)37(35)45)40(52)26(39(33)51)19-21-13-18-32-30(20-21)41(27-9-3-1-7-24(27)25-8-2-4-10-28(25)41)29-11-5-6-12-31(29)50(32)23-16-14-22(15-17-23)42(47,48)49/h1-20H. The van der Waals surface area contributed by atoms with E-state index in [0.29, 0.717) is 22.6 Å². The number of Topliss-reactive ketones (excluding diaryl/α,β-unsaturated/α-hetero) is 2. The molecule has 10 heteroatoms.